The number of halogens is 1. The summed E-state index contributed by atoms with van der Waals surface area (Å²) in [5.41, 5.74) is 6.65. The van der Waals surface area contributed by atoms with Gasteiger partial charge in [-0.05, 0) is 32.9 Å². The first-order valence-corrected chi connectivity index (χ1v) is 6.73. The molecular formula is C14H15BrN4. The molecule has 0 amide bonds. The lowest BCUT2D eigenvalue weighted by Gasteiger charge is -2.05. The van der Waals surface area contributed by atoms with E-state index in [2.05, 4.69) is 36.4 Å². The summed E-state index contributed by atoms with van der Waals surface area (Å²) in [5, 5.41) is 4.32. The molecule has 0 spiro atoms. The Morgan fingerprint density at radius 1 is 1.16 bits per heavy atom. The minimum absolute atomic E-state index is 0.518. The van der Waals surface area contributed by atoms with E-state index in [4.69, 9.17) is 0 Å². The fourth-order valence-electron chi connectivity index (χ4n) is 1.72. The van der Waals surface area contributed by atoms with Gasteiger partial charge in [0.25, 0.3) is 0 Å². The average molecular weight is 319 g/mol. The Hall–Kier alpha value is -1.75. The highest BCUT2D eigenvalue weighted by molar-refractivity contribution is 9.10. The van der Waals surface area contributed by atoms with Crippen LogP contribution in [-0.4, -0.2) is 15.7 Å². The molecule has 0 saturated heterocycles. The van der Waals surface area contributed by atoms with Crippen molar-refractivity contribution < 1.29 is 0 Å². The van der Waals surface area contributed by atoms with Gasteiger partial charge in [0.15, 0.2) is 0 Å². The van der Waals surface area contributed by atoms with Crippen molar-refractivity contribution in [2.45, 2.75) is 20.8 Å². The maximum absolute atomic E-state index is 4.32. The summed E-state index contributed by atoms with van der Waals surface area (Å²) < 4.78 is 1.01. The Labute approximate surface area is 121 Å². The molecule has 0 aliphatic carbocycles. The third kappa shape index (κ3) is 3.61. The average Bonchev–Trinajstić information content (AvgIpc) is 2.35. The van der Waals surface area contributed by atoms with Crippen LogP contribution in [0, 0.1) is 13.8 Å². The normalized spacial score (nSPS) is 11.5. The van der Waals surface area contributed by atoms with E-state index in [1.165, 1.54) is 0 Å². The minimum Gasteiger partial charge on any atom is -0.245 e. The second-order valence-corrected chi connectivity index (χ2v) is 5.12. The van der Waals surface area contributed by atoms with Crippen LogP contribution >= 0.6 is 15.9 Å². The van der Waals surface area contributed by atoms with Gasteiger partial charge in [-0.3, -0.25) is 0 Å². The SMILES string of the molecule is C/C(=N/Nc1nc(C)cc(C)n1)c1ccccc1Br. The van der Waals surface area contributed by atoms with E-state index >= 15 is 0 Å². The van der Waals surface area contributed by atoms with Crippen LogP contribution in [0.1, 0.15) is 23.9 Å². The van der Waals surface area contributed by atoms with Crippen LogP contribution in [0.15, 0.2) is 39.9 Å². The number of nitrogens with one attached hydrogen (secondary N) is 1. The van der Waals surface area contributed by atoms with Crippen LogP contribution in [0.2, 0.25) is 0 Å². The van der Waals surface area contributed by atoms with E-state index < -0.39 is 0 Å². The molecule has 0 aliphatic heterocycles. The van der Waals surface area contributed by atoms with E-state index in [9.17, 15) is 0 Å². The first kappa shape index (κ1) is 13.7. The van der Waals surface area contributed by atoms with Crippen LogP contribution in [0.3, 0.4) is 0 Å². The van der Waals surface area contributed by atoms with Gasteiger partial charge in [-0.2, -0.15) is 5.10 Å². The predicted octanol–water partition coefficient (Wildman–Crippen LogP) is 3.69. The molecule has 5 heteroatoms. The Kier molecular flexibility index (Phi) is 4.27. The number of benzene rings is 1. The molecule has 1 aromatic heterocycles. The Balaban J connectivity index is 2.20. The molecule has 0 saturated carbocycles. The lowest BCUT2D eigenvalue weighted by atomic mass is 10.1. The van der Waals surface area contributed by atoms with Crippen LogP contribution < -0.4 is 5.43 Å². The molecule has 98 valence electrons. The number of hydrogen-bond donors (Lipinski definition) is 1. The highest BCUT2D eigenvalue weighted by atomic mass is 79.9. The summed E-state index contributed by atoms with van der Waals surface area (Å²) >= 11 is 3.51. The van der Waals surface area contributed by atoms with Crippen LogP contribution in [0.25, 0.3) is 0 Å². The predicted molar refractivity (Wildman–Crippen MR) is 81.5 cm³/mol. The third-order valence-corrected chi connectivity index (χ3v) is 3.26. The molecule has 0 atom stereocenters. The van der Waals surface area contributed by atoms with E-state index in [0.29, 0.717) is 5.95 Å². The van der Waals surface area contributed by atoms with Gasteiger partial charge < -0.3 is 0 Å². The van der Waals surface area contributed by atoms with E-state index in [1.807, 2.05) is 51.1 Å². The van der Waals surface area contributed by atoms with Crippen molar-refractivity contribution in [2.75, 3.05) is 5.43 Å². The fraction of sp³-hybridized carbons (Fsp3) is 0.214. The van der Waals surface area contributed by atoms with Crippen molar-refractivity contribution in [3.05, 3.63) is 51.8 Å². The zero-order valence-electron chi connectivity index (χ0n) is 11.1. The van der Waals surface area contributed by atoms with Crippen molar-refractivity contribution in [3.63, 3.8) is 0 Å². The second-order valence-electron chi connectivity index (χ2n) is 4.26. The van der Waals surface area contributed by atoms with Gasteiger partial charge in [0.1, 0.15) is 0 Å². The second kappa shape index (κ2) is 5.93. The Bertz CT molecular complexity index is 602. The van der Waals surface area contributed by atoms with E-state index in [-0.39, 0.29) is 0 Å². The zero-order chi connectivity index (χ0) is 13.8. The standard InChI is InChI=1S/C14H15BrN4/c1-9-8-10(2)17-14(16-9)19-18-11(3)12-6-4-5-7-13(12)15/h4-8H,1-3H3,(H,16,17,19)/b18-11-. The van der Waals surface area contributed by atoms with Gasteiger partial charge in [-0.15, -0.1) is 0 Å². The molecule has 19 heavy (non-hydrogen) atoms. The lowest BCUT2D eigenvalue weighted by Crippen LogP contribution is -2.04. The van der Waals surface area contributed by atoms with Crippen molar-refractivity contribution >= 4 is 27.6 Å². The molecular weight excluding hydrogens is 304 g/mol. The quantitative estimate of drug-likeness (QED) is 0.693. The van der Waals surface area contributed by atoms with Crippen LogP contribution in [0.5, 0.6) is 0 Å². The third-order valence-electron chi connectivity index (χ3n) is 2.57. The summed E-state index contributed by atoms with van der Waals surface area (Å²) in [6, 6.07) is 9.87. The number of rotatable bonds is 3. The molecule has 0 bridgehead atoms. The van der Waals surface area contributed by atoms with Gasteiger partial charge in [0, 0.05) is 21.4 Å². The molecule has 0 aliphatic rings. The molecule has 0 unspecified atom stereocenters. The number of anilines is 1. The summed E-state index contributed by atoms with van der Waals surface area (Å²) in [6.45, 7) is 5.81. The van der Waals surface area contributed by atoms with Gasteiger partial charge >= 0.3 is 0 Å². The first-order valence-electron chi connectivity index (χ1n) is 5.94. The largest absolute Gasteiger partial charge is 0.245 e. The van der Waals surface area contributed by atoms with Crippen molar-refractivity contribution in [2.24, 2.45) is 5.10 Å². The highest BCUT2D eigenvalue weighted by Gasteiger charge is 2.03. The van der Waals surface area contributed by atoms with Gasteiger partial charge in [-0.25, -0.2) is 15.4 Å². The number of hydrogen-bond acceptors (Lipinski definition) is 4. The maximum Gasteiger partial charge on any atom is 0.243 e. The summed E-state index contributed by atoms with van der Waals surface area (Å²) in [7, 11) is 0. The highest BCUT2D eigenvalue weighted by Crippen LogP contribution is 2.16. The van der Waals surface area contributed by atoms with Crippen LogP contribution in [0.4, 0.5) is 5.95 Å². The molecule has 1 heterocycles. The van der Waals surface area contributed by atoms with Crippen LogP contribution in [-0.2, 0) is 0 Å². The molecule has 1 aromatic carbocycles. The van der Waals surface area contributed by atoms with Gasteiger partial charge in [0.2, 0.25) is 5.95 Å². The topological polar surface area (TPSA) is 50.2 Å². The maximum atomic E-state index is 4.32. The van der Waals surface area contributed by atoms with Gasteiger partial charge in [-0.1, -0.05) is 34.1 Å². The van der Waals surface area contributed by atoms with Gasteiger partial charge in [0.05, 0.1) is 5.71 Å². The molecule has 4 nitrogen and oxygen atoms in total. The smallest absolute Gasteiger partial charge is 0.243 e. The fourth-order valence-corrected chi connectivity index (χ4v) is 2.30. The van der Waals surface area contributed by atoms with E-state index in [1.54, 1.807) is 0 Å². The van der Waals surface area contributed by atoms with Crippen molar-refractivity contribution in [3.8, 4) is 0 Å². The summed E-state index contributed by atoms with van der Waals surface area (Å²) in [6.07, 6.45) is 0. The Morgan fingerprint density at radius 3 is 2.42 bits per heavy atom. The molecule has 0 radical (unpaired) electrons. The lowest BCUT2D eigenvalue weighted by molar-refractivity contribution is 1.03. The monoisotopic (exact) mass is 318 g/mol. The van der Waals surface area contributed by atoms with Crippen molar-refractivity contribution in [1.29, 1.82) is 0 Å². The summed E-state index contributed by atoms with van der Waals surface area (Å²) in [5.74, 6) is 0.518. The zero-order valence-corrected chi connectivity index (χ0v) is 12.7. The number of nitrogens with zero attached hydrogens (tertiary/aromatic N) is 3. The van der Waals surface area contributed by atoms with Crippen molar-refractivity contribution in [1.82, 2.24) is 9.97 Å². The number of aryl methyl sites for hydroxylation is 2. The molecule has 0 fully saturated rings. The summed E-state index contributed by atoms with van der Waals surface area (Å²) in [4.78, 5) is 8.56. The molecule has 2 rings (SSSR count). The molecule has 1 N–H and O–H groups in total. The first-order chi connectivity index (χ1) is 9.06. The Morgan fingerprint density at radius 2 is 1.79 bits per heavy atom. The minimum atomic E-state index is 0.518. The number of hydrazone groups is 1. The number of aromatic nitrogens is 2. The van der Waals surface area contributed by atoms with E-state index in [0.717, 1.165) is 27.1 Å². The molecule has 2 aromatic rings.